The number of hydrogen-bond acceptors (Lipinski definition) is 2. The minimum absolute atomic E-state index is 0.0573. The van der Waals surface area contributed by atoms with E-state index in [0.717, 1.165) is 0 Å². The lowest BCUT2D eigenvalue weighted by molar-refractivity contribution is -0.144. The van der Waals surface area contributed by atoms with Gasteiger partial charge in [-0.2, -0.15) is 0 Å². The zero-order valence-electron chi connectivity index (χ0n) is 5.63. The maximum absolute atomic E-state index is 10.3. The molecule has 2 N–H and O–H groups in total. The number of aliphatic carboxylic acids is 1. The fraction of sp³-hybridized carbons (Fsp3) is 0.667. The van der Waals surface area contributed by atoms with Gasteiger partial charge in [-0.1, -0.05) is 0 Å². The fourth-order valence-corrected chi connectivity index (χ4v) is 0.859. The first-order valence-corrected chi connectivity index (χ1v) is 3.13. The molecule has 1 rings (SSSR count). The Balaban J connectivity index is 2.37. The van der Waals surface area contributed by atoms with Crippen molar-refractivity contribution in [1.82, 2.24) is 5.32 Å². The van der Waals surface area contributed by atoms with E-state index in [9.17, 15) is 9.59 Å². The third-order valence-corrected chi connectivity index (χ3v) is 1.74. The summed E-state index contributed by atoms with van der Waals surface area (Å²) in [4.78, 5) is 20.6. The third-order valence-electron chi connectivity index (χ3n) is 1.74. The van der Waals surface area contributed by atoms with Gasteiger partial charge < -0.3 is 10.4 Å². The normalized spacial score (nSPS) is 26.5. The quantitative estimate of drug-likeness (QED) is 0.517. The van der Waals surface area contributed by atoms with E-state index < -0.39 is 11.9 Å². The number of carbonyl (C=O) groups is 2. The number of rotatable bonds is 2. The molecule has 1 fully saturated rings. The van der Waals surface area contributed by atoms with Gasteiger partial charge in [-0.3, -0.25) is 9.59 Å². The summed E-state index contributed by atoms with van der Waals surface area (Å²) in [6, 6.07) is -0.148. The minimum atomic E-state index is -0.856. The summed E-state index contributed by atoms with van der Waals surface area (Å²) in [6.07, 6.45) is 0.355. The highest BCUT2D eigenvalue weighted by Crippen LogP contribution is 2.14. The van der Waals surface area contributed by atoms with E-state index in [0.29, 0.717) is 6.42 Å². The summed E-state index contributed by atoms with van der Waals surface area (Å²) in [5, 5.41) is 11.0. The number of carbonyl (C=O) groups excluding carboxylic acids is 1. The lowest BCUT2D eigenvalue weighted by atomic mass is 9.93. The van der Waals surface area contributed by atoms with Crippen molar-refractivity contribution in [2.75, 3.05) is 0 Å². The van der Waals surface area contributed by atoms with E-state index in [1.165, 1.54) is 0 Å². The van der Waals surface area contributed by atoms with Crippen molar-refractivity contribution in [3.05, 3.63) is 0 Å². The Morgan fingerprint density at radius 3 is 2.70 bits per heavy atom. The van der Waals surface area contributed by atoms with Crippen molar-refractivity contribution in [2.45, 2.75) is 19.4 Å². The molecule has 1 aliphatic rings. The number of β-lactam (4-membered cyclic amide) rings is 1. The van der Waals surface area contributed by atoms with Crippen LogP contribution in [0.5, 0.6) is 0 Å². The first-order chi connectivity index (χ1) is 4.61. The van der Waals surface area contributed by atoms with Gasteiger partial charge in [-0.25, -0.2) is 0 Å². The molecule has 1 heterocycles. The molecule has 1 amide bonds. The van der Waals surface area contributed by atoms with Gasteiger partial charge in [0, 0.05) is 6.42 Å². The molecule has 0 aromatic heterocycles. The molecule has 0 aromatic carbocycles. The van der Waals surface area contributed by atoms with Gasteiger partial charge in [0.25, 0.3) is 0 Å². The second-order valence-corrected chi connectivity index (χ2v) is 2.51. The smallest absolute Gasteiger partial charge is 0.308 e. The minimum Gasteiger partial charge on any atom is -0.481 e. The predicted octanol–water partition coefficient (Wildman–Crippen LogP) is -0.404. The molecule has 4 heteroatoms. The van der Waals surface area contributed by atoms with Crippen molar-refractivity contribution >= 4 is 11.9 Å². The highest BCUT2D eigenvalue weighted by Gasteiger charge is 2.33. The predicted molar refractivity (Wildman–Crippen MR) is 33.3 cm³/mol. The number of hydrogen-bond donors (Lipinski definition) is 2. The van der Waals surface area contributed by atoms with Crippen molar-refractivity contribution in [1.29, 1.82) is 0 Å². The van der Waals surface area contributed by atoms with Gasteiger partial charge in [-0.15, -0.1) is 0 Å². The Labute approximate surface area is 58.2 Å². The summed E-state index contributed by atoms with van der Waals surface area (Å²) in [7, 11) is 0. The van der Waals surface area contributed by atoms with Crippen LogP contribution < -0.4 is 5.32 Å². The number of amides is 1. The fourth-order valence-electron chi connectivity index (χ4n) is 0.859. The maximum Gasteiger partial charge on any atom is 0.308 e. The average Bonchev–Trinajstić information content (AvgIpc) is 1.79. The summed E-state index contributed by atoms with van der Waals surface area (Å²) in [5.41, 5.74) is 0. The van der Waals surface area contributed by atoms with Gasteiger partial charge >= 0.3 is 5.97 Å². The molecule has 0 radical (unpaired) electrons. The van der Waals surface area contributed by atoms with Gasteiger partial charge in [-0.05, 0) is 6.92 Å². The van der Waals surface area contributed by atoms with Gasteiger partial charge in [0.2, 0.25) is 5.91 Å². The zero-order valence-corrected chi connectivity index (χ0v) is 5.63. The van der Waals surface area contributed by atoms with E-state index in [1.807, 2.05) is 0 Å². The Bertz CT molecular complexity index is 170. The maximum atomic E-state index is 10.3. The summed E-state index contributed by atoms with van der Waals surface area (Å²) in [5.74, 6) is -1.37. The first kappa shape index (κ1) is 7.05. The van der Waals surface area contributed by atoms with E-state index in [1.54, 1.807) is 6.92 Å². The molecule has 10 heavy (non-hydrogen) atoms. The van der Waals surface area contributed by atoms with Crippen LogP contribution >= 0.6 is 0 Å². The Morgan fingerprint density at radius 2 is 2.40 bits per heavy atom. The van der Waals surface area contributed by atoms with Crippen LogP contribution in [0.25, 0.3) is 0 Å². The average molecular weight is 143 g/mol. The molecular weight excluding hydrogens is 134 g/mol. The summed E-state index contributed by atoms with van der Waals surface area (Å²) in [6.45, 7) is 1.59. The molecule has 0 saturated carbocycles. The van der Waals surface area contributed by atoms with Gasteiger partial charge in [0.15, 0.2) is 0 Å². The van der Waals surface area contributed by atoms with Crippen LogP contribution in [0.2, 0.25) is 0 Å². The molecule has 0 bridgehead atoms. The van der Waals surface area contributed by atoms with Crippen LogP contribution in [-0.2, 0) is 9.59 Å². The van der Waals surface area contributed by atoms with Crippen molar-refractivity contribution in [3.8, 4) is 0 Å². The molecular formula is C6H9NO3. The molecule has 56 valence electrons. The standard InChI is InChI=1S/C6H9NO3/c1-3(6(9)10)4-2-5(8)7-4/h3-4H,2H2,1H3,(H,7,8)(H,9,10). The number of nitrogens with one attached hydrogen (secondary N) is 1. The molecule has 2 unspecified atom stereocenters. The number of carboxylic acids is 1. The van der Waals surface area contributed by atoms with Crippen LogP contribution in [0.1, 0.15) is 13.3 Å². The first-order valence-electron chi connectivity index (χ1n) is 3.13. The van der Waals surface area contributed by atoms with Crippen LogP contribution in [0.15, 0.2) is 0 Å². The third kappa shape index (κ3) is 1.10. The second-order valence-electron chi connectivity index (χ2n) is 2.51. The summed E-state index contributed by atoms with van der Waals surface area (Å²) < 4.78 is 0. The lowest BCUT2D eigenvalue weighted by Crippen LogP contribution is -2.53. The van der Waals surface area contributed by atoms with Crippen LogP contribution in [0.3, 0.4) is 0 Å². The van der Waals surface area contributed by atoms with Crippen LogP contribution in [0.4, 0.5) is 0 Å². The zero-order chi connectivity index (χ0) is 7.72. The largest absolute Gasteiger partial charge is 0.481 e. The lowest BCUT2D eigenvalue weighted by Gasteiger charge is -2.29. The molecule has 0 aliphatic carbocycles. The van der Waals surface area contributed by atoms with Crippen LogP contribution in [0, 0.1) is 5.92 Å². The highest BCUT2D eigenvalue weighted by molar-refractivity contribution is 5.85. The molecule has 0 spiro atoms. The van der Waals surface area contributed by atoms with E-state index in [-0.39, 0.29) is 11.9 Å². The number of carboxylic acid groups (broad SMARTS) is 1. The van der Waals surface area contributed by atoms with Crippen molar-refractivity contribution < 1.29 is 14.7 Å². The van der Waals surface area contributed by atoms with E-state index in [4.69, 9.17) is 5.11 Å². The topological polar surface area (TPSA) is 66.4 Å². The van der Waals surface area contributed by atoms with Gasteiger partial charge in [0.05, 0.1) is 12.0 Å². The Hall–Kier alpha value is -1.06. The van der Waals surface area contributed by atoms with Crippen molar-refractivity contribution in [3.63, 3.8) is 0 Å². The SMILES string of the molecule is CC(C(=O)O)C1CC(=O)N1. The van der Waals surface area contributed by atoms with E-state index >= 15 is 0 Å². The molecule has 1 saturated heterocycles. The highest BCUT2D eigenvalue weighted by atomic mass is 16.4. The van der Waals surface area contributed by atoms with E-state index in [2.05, 4.69) is 5.32 Å². The summed E-state index contributed by atoms with van der Waals surface area (Å²) >= 11 is 0. The molecule has 1 aliphatic heterocycles. The molecule has 4 nitrogen and oxygen atoms in total. The second kappa shape index (κ2) is 2.28. The Morgan fingerprint density at radius 1 is 1.90 bits per heavy atom. The van der Waals surface area contributed by atoms with Gasteiger partial charge in [0.1, 0.15) is 0 Å². The Kier molecular flexibility index (Phi) is 1.61. The molecule has 0 aromatic rings. The van der Waals surface area contributed by atoms with Crippen LogP contribution in [-0.4, -0.2) is 23.0 Å². The van der Waals surface area contributed by atoms with Crippen molar-refractivity contribution in [2.24, 2.45) is 5.92 Å². The monoisotopic (exact) mass is 143 g/mol. The molecule has 2 atom stereocenters.